The van der Waals surface area contributed by atoms with Gasteiger partial charge in [0, 0.05) is 17.7 Å². The summed E-state index contributed by atoms with van der Waals surface area (Å²) in [6.07, 6.45) is -1.06. The number of rotatable bonds is 4. The number of aliphatic hydroxyl groups is 1. The number of aliphatic hydroxyl groups excluding tert-OH is 1. The largest absolute Gasteiger partial charge is 0.386 e. The number of halogens is 1. The van der Waals surface area contributed by atoms with E-state index in [1.807, 2.05) is 6.07 Å². The number of carbonyl (C=O) groups is 1. The molecule has 0 aliphatic rings. The molecule has 2 aromatic carbocycles. The zero-order valence-electron chi connectivity index (χ0n) is 10.2. The van der Waals surface area contributed by atoms with Crippen LogP contribution in [0.1, 0.15) is 22.0 Å². The second-order valence-electron chi connectivity index (χ2n) is 4.11. The van der Waals surface area contributed by atoms with Crippen LogP contribution in [0, 0.1) is 5.82 Å². The summed E-state index contributed by atoms with van der Waals surface area (Å²) in [5, 5.41) is 12.4. The maximum atomic E-state index is 13.4. The molecule has 0 aliphatic carbocycles. The van der Waals surface area contributed by atoms with Gasteiger partial charge in [0.2, 0.25) is 0 Å². The average molecular weight is 259 g/mol. The molecule has 0 aromatic heterocycles. The number of carbonyl (C=O) groups excluding carboxylic acids is 1. The Bertz CT molecular complexity index is 557. The Labute approximate surface area is 110 Å². The Morgan fingerprint density at radius 2 is 1.74 bits per heavy atom. The number of nitrogens with one attached hydrogen (secondary N) is 1. The molecule has 4 heteroatoms. The highest BCUT2D eigenvalue weighted by molar-refractivity contribution is 5.94. The second kappa shape index (κ2) is 6.11. The van der Waals surface area contributed by atoms with Gasteiger partial charge in [-0.25, -0.2) is 4.39 Å². The molecule has 2 N–H and O–H groups in total. The molecule has 0 spiro atoms. The van der Waals surface area contributed by atoms with E-state index in [2.05, 4.69) is 5.32 Å². The first-order valence-corrected chi connectivity index (χ1v) is 5.94. The lowest BCUT2D eigenvalue weighted by Crippen LogP contribution is -2.28. The molecule has 1 amide bonds. The molecular weight excluding hydrogens is 245 g/mol. The SMILES string of the molecule is O=C(NCC(O)c1ccccc1F)c1ccccc1. The quantitative estimate of drug-likeness (QED) is 0.885. The molecule has 2 aromatic rings. The molecule has 0 heterocycles. The van der Waals surface area contributed by atoms with Crippen LogP contribution < -0.4 is 5.32 Å². The molecule has 0 aliphatic heterocycles. The molecule has 0 saturated heterocycles. The van der Waals surface area contributed by atoms with Crippen LogP contribution in [0.15, 0.2) is 54.6 Å². The van der Waals surface area contributed by atoms with Gasteiger partial charge in [-0.3, -0.25) is 4.79 Å². The summed E-state index contributed by atoms with van der Waals surface area (Å²) in [7, 11) is 0. The first-order chi connectivity index (χ1) is 9.18. The van der Waals surface area contributed by atoms with Gasteiger partial charge >= 0.3 is 0 Å². The maximum absolute atomic E-state index is 13.4. The highest BCUT2D eigenvalue weighted by Crippen LogP contribution is 2.15. The van der Waals surface area contributed by atoms with Gasteiger partial charge in [0.1, 0.15) is 5.82 Å². The van der Waals surface area contributed by atoms with Crippen molar-refractivity contribution in [2.75, 3.05) is 6.54 Å². The maximum Gasteiger partial charge on any atom is 0.251 e. The first kappa shape index (κ1) is 13.2. The average Bonchev–Trinajstić information content (AvgIpc) is 2.46. The van der Waals surface area contributed by atoms with E-state index in [-0.39, 0.29) is 18.0 Å². The topological polar surface area (TPSA) is 49.3 Å². The van der Waals surface area contributed by atoms with Crippen molar-refractivity contribution >= 4 is 5.91 Å². The third-order valence-electron chi connectivity index (χ3n) is 2.76. The van der Waals surface area contributed by atoms with Gasteiger partial charge in [-0.05, 0) is 18.2 Å². The summed E-state index contributed by atoms with van der Waals surface area (Å²) in [5.41, 5.74) is 0.680. The fourth-order valence-corrected chi connectivity index (χ4v) is 1.74. The molecule has 0 fully saturated rings. The van der Waals surface area contributed by atoms with Crippen LogP contribution in [-0.4, -0.2) is 17.6 Å². The van der Waals surface area contributed by atoms with Gasteiger partial charge in [0.05, 0.1) is 6.10 Å². The highest BCUT2D eigenvalue weighted by Gasteiger charge is 2.13. The van der Waals surface area contributed by atoms with Crippen molar-refractivity contribution in [3.8, 4) is 0 Å². The summed E-state index contributed by atoms with van der Waals surface area (Å²) in [6, 6.07) is 14.6. The van der Waals surface area contributed by atoms with Gasteiger partial charge in [0.15, 0.2) is 0 Å². The Balaban J connectivity index is 1.96. The minimum Gasteiger partial charge on any atom is -0.386 e. The third kappa shape index (κ3) is 3.39. The van der Waals surface area contributed by atoms with E-state index < -0.39 is 11.9 Å². The Hall–Kier alpha value is -2.20. The minimum atomic E-state index is -1.06. The molecule has 2 rings (SSSR count). The van der Waals surface area contributed by atoms with Crippen LogP contribution in [-0.2, 0) is 0 Å². The normalized spacial score (nSPS) is 11.9. The lowest BCUT2D eigenvalue weighted by molar-refractivity contribution is 0.0914. The Kier molecular flexibility index (Phi) is 4.26. The van der Waals surface area contributed by atoms with Crippen molar-refractivity contribution < 1.29 is 14.3 Å². The van der Waals surface area contributed by atoms with Gasteiger partial charge in [-0.2, -0.15) is 0 Å². The van der Waals surface area contributed by atoms with Crippen LogP contribution in [0.25, 0.3) is 0 Å². The number of hydrogen-bond donors (Lipinski definition) is 2. The molecule has 0 radical (unpaired) electrons. The summed E-state index contributed by atoms with van der Waals surface area (Å²) in [5.74, 6) is -0.778. The molecule has 3 nitrogen and oxygen atoms in total. The monoisotopic (exact) mass is 259 g/mol. The van der Waals surface area contributed by atoms with Crippen LogP contribution in [0.2, 0.25) is 0 Å². The van der Waals surface area contributed by atoms with Crippen molar-refractivity contribution in [3.05, 3.63) is 71.5 Å². The molecule has 19 heavy (non-hydrogen) atoms. The van der Waals surface area contributed by atoms with Crippen molar-refractivity contribution in [2.45, 2.75) is 6.10 Å². The molecule has 0 bridgehead atoms. The van der Waals surface area contributed by atoms with E-state index in [0.717, 1.165) is 0 Å². The Morgan fingerprint density at radius 3 is 2.42 bits per heavy atom. The van der Waals surface area contributed by atoms with Crippen molar-refractivity contribution in [3.63, 3.8) is 0 Å². The predicted octanol–water partition coefficient (Wildman–Crippen LogP) is 2.29. The van der Waals surface area contributed by atoms with E-state index in [1.165, 1.54) is 12.1 Å². The van der Waals surface area contributed by atoms with E-state index in [9.17, 15) is 14.3 Å². The standard InChI is InChI=1S/C15H14FNO2/c16-13-9-5-4-8-12(13)14(18)10-17-15(19)11-6-2-1-3-7-11/h1-9,14,18H,10H2,(H,17,19). The molecule has 0 saturated carbocycles. The van der Waals surface area contributed by atoms with Crippen molar-refractivity contribution in [1.29, 1.82) is 0 Å². The van der Waals surface area contributed by atoms with E-state index in [0.29, 0.717) is 5.56 Å². The second-order valence-corrected chi connectivity index (χ2v) is 4.11. The molecular formula is C15H14FNO2. The minimum absolute atomic E-state index is 0.0331. The Morgan fingerprint density at radius 1 is 1.11 bits per heavy atom. The zero-order valence-corrected chi connectivity index (χ0v) is 10.2. The van der Waals surface area contributed by atoms with Crippen molar-refractivity contribution in [1.82, 2.24) is 5.32 Å². The van der Waals surface area contributed by atoms with Gasteiger partial charge in [-0.15, -0.1) is 0 Å². The van der Waals surface area contributed by atoms with Crippen LogP contribution in [0.5, 0.6) is 0 Å². The summed E-state index contributed by atoms with van der Waals surface area (Å²) < 4.78 is 13.4. The third-order valence-corrected chi connectivity index (χ3v) is 2.76. The fourth-order valence-electron chi connectivity index (χ4n) is 1.74. The van der Waals surface area contributed by atoms with Crippen LogP contribution >= 0.6 is 0 Å². The van der Waals surface area contributed by atoms with E-state index in [1.54, 1.807) is 36.4 Å². The van der Waals surface area contributed by atoms with Crippen LogP contribution in [0.4, 0.5) is 4.39 Å². The number of benzene rings is 2. The lowest BCUT2D eigenvalue weighted by Gasteiger charge is -2.13. The van der Waals surface area contributed by atoms with E-state index in [4.69, 9.17) is 0 Å². The number of hydrogen-bond acceptors (Lipinski definition) is 2. The lowest BCUT2D eigenvalue weighted by atomic mass is 10.1. The summed E-state index contributed by atoms with van der Waals surface area (Å²) in [6.45, 7) is -0.0331. The molecule has 98 valence electrons. The predicted molar refractivity (Wildman–Crippen MR) is 70.1 cm³/mol. The first-order valence-electron chi connectivity index (χ1n) is 5.94. The van der Waals surface area contributed by atoms with E-state index >= 15 is 0 Å². The highest BCUT2D eigenvalue weighted by atomic mass is 19.1. The van der Waals surface area contributed by atoms with Crippen LogP contribution in [0.3, 0.4) is 0 Å². The zero-order chi connectivity index (χ0) is 13.7. The molecule has 1 atom stereocenters. The van der Waals surface area contributed by atoms with Gasteiger partial charge in [-0.1, -0.05) is 36.4 Å². The van der Waals surface area contributed by atoms with Crippen molar-refractivity contribution in [2.24, 2.45) is 0 Å². The van der Waals surface area contributed by atoms with Gasteiger partial charge in [0.25, 0.3) is 5.91 Å². The number of amides is 1. The van der Waals surface area contributed by atoms with Gasteiger partial charge < -0.3 is 10.4 Å². The fraction of sp³-hybridized carbons (Fsp3) is 0.133. The smallest absolute Gasteiger partial charge is 0.251 e. The molecule has 1 unspecified atom stereocenters. The summed E-state index contributed by atoms with van der Waals surface area (Å²) in [4.78, 5) is 11.7. The summed E-state index contributed by atoms with van der Waals surface area (Å²) >= 11 is 0.